The zero-order valence-corrected chi connectivity index (χ0v) is 19.5. The molecule has 2 aromatic rings. The van der Waals surface area contributed by atoms with E-state index in [1.54, 1.807) is 25.4 Å². The minimum absolute atomic E-state index is 0. The summed E-state index contributed by atoms with van der Waals surface area (Å²) in [6.45, 7) is 10.1. The van der Waals surface area contributed by atoms with Crippen LogP contribution in [-0.4, -0.2) is 24.6 Å². The Kier molecular flexibility index (Phi) is 9.88. The van der Waals surface area contributed by atoms with E-state index in [-0.39, 0.29) is 41.8 Å². The van der Waals surface area contributed by atoms with Crippen molar-refractivity contribution in [3.05, 3.63) is 53.0 Å². The SMILES string of the molecule is CCNC(=NCc1ccc(F)c(COC)c1)NCc1ncc(C(C)(C)C)o1.I. The molecule has 1 aromatic heterocycles. The van der Waals surface area contributed by atoms with Gasteiger partial charge in [0.1, 0.15) is 11.6 Å². The fraction of sp³-hybridized carbons (Fsp3) is 0.500. The second-order valence-corrected chi connectivity index (χ2v) is 7.28. The quantitative estimate of drug-likeness (QED) is 0.337. The highest BCUT2D eigenvalue weighted by molar-refractivity contribution is 14.0. The number of methoxy groups -OCH3 is 1. The van der Waals surface area contributed by atoms with Gasteiger partial charge in [-0.05, 0) is 24.6 Å². The summed E-state index contributed by atoms with van der Waals surface area (Å²) >= 11 is 0. The third kappa shape index (κ3) is 7.38. The molecule has 0 saturated heterocycles. The van der Waals surface area contributed by atoms with Crippen LogP contribution in [0.1, 0.15) is 50.5 Å². The van der Waals surface area contributed by atoms with Crippen molar-refractivity contribution in [2.75, 3.05) is 13.7 Å². The number of nitrogens with zero attached hydrogens (tertiary/aromatic N) is 2. The van der Waals surface area contributed by atoms with Gasteiger partial charge in [0.15, 0.2) is 5.96 Å². The summed E-state index contributed by atoms with van der Waals surface area (Å²) in [7, 11) is 1.55. The molecule has 0 aliphatic carbocycles. The van der Waals surface area contributed by atoms with Gasteiger partial charge in [0.25, 0.3) is 0 Å². The van der Waals surface area contributed by atoms with Gasteiger partial charge < -0.3 is 19.8 Å². The smallest absolute Gasteiger partial charge is 0.213 e. The number of aromatic nitrogens is 1. The van der Waals surface area contributed by atoms with Gasteiger partial charge in [-0.3, -0.25) is 0 Å². The Labute approximate surface area is 183 Å². The van der Waals surface area contributed by atoms with Crippen molar-refractivity contribution in [3.8, 4) is 0 Å². The molecule has 0 aliphatic rings. The Hall–Kier alpha value is -1.68. The molecule has 6 nitrogen and oxygen atoms in total. The molecule has 0 radical (unpaired) electrons. The Bertz CT molecular complexity index is 772. The number of halogens is 2. The van der Waals surface area contributed by atoms with E-state index in [0.29, 0.717) is 30.5 Å². The molecule has 0 amide bonds. The molecule has 8 heteroatoms. The van der Waals surface area contributed by atoms with Gasteiger partial charge in [0.2, 0.25) is 5.89 Å². The first kappa shape index (κ1) is 24.4. The molecule has 1 heterocycles. The van der Waals surface area contributed by atoms with Crippen LogP contribution in [0.4, 0.5) is 4.39 Å². The van der Waals surface area contributed by atoms with Gasteiger partial charge in [-0.15, -0.1) is 24.0 Å². The lowest BCUT2D eigenvalue weighted by Gasteiger charge is -2.13. The molecule has 156 valence electrons. The van der Waals surface area contributed by atoms with Crippen LogP contribution >= 0.6 is 24.0 Å². The van der Waals surface area contributed by atoms with Crippen LogP contribution in [-0.2, 0) is 29.8 Å². The lowest BCUT2D eigenvalue weighted by atomic mass is 9.94. The summed E-state index contributed by atoms with van der Waals surface area (Å²) in [5.41, 5.74) is 1.36. The Morgan fingerprint density at radius 3 is 2.64 bits per heavy atom. The van der Waals surface area contributed by atoms with E-state index in [4.69, 9.17) is 9.15 Å². The van der Waals surface area contributed by atoms with Gasteiger partial charge in [-0.1, -0.05) is 26.8 Å². The molecular weight excluding hydrogens is 474 g/mol. The maximum absolute atomic E-state index is 13.7. The number of rotatable bonds is 7. The summed E-state index contributed by atoms with van der Waals surface area (Å²) in [6, 6.07) is 4.95. The normalized spacial score (nSPS) is 11.9. The number of benzene rings is 1. The molecule has 0 fully saturated rings. The van der Waals surface area contributed by atoms with E-state index in [2.05, 4.69) is 41.4 Å². The fourth-order valence-corrected chi connectivity index (χ4v) is 2.40. The average molecular weight is 504 g/mol. The number of hydrogen-bond acceptors (Lipinski definition) is 4. The summed E-state index contributed by atoms with van der Waals surface area (Å²) in [5.74, 6) is 1.83. The van der Waals surface area contributed by atoms with Crippen molar-refractivity contribution in [1.29, 1.82) is 0 Å². The van der Waals surface area contributed by atoms with Crippen molar-refractivity contribution in [3.63, 3.8) is 0 Å². The molecule has 0 saturated carbocycles. The largest absolute Gasteiger partial charge is 0.443 e. The summed E-state index contributed by atoms with van der Waals surface area (Å²) < 4.78 is 24.5. The van der Waals surface area contributed by atoms with E-state index < -0.39 is 0 Å². The lowest BCUT2D eigenvalue weighted by Crippen LogP contribution is -2.36. The van der Waals surface area contributed by atoms with Crippen molar-refractivity contribution in [1.82, 2.24) is 15.6 Å². The predicted molar refractivity (Wildman–Crippen MR) is 119 cm³/mol. The van der Waals surface area contributed by atoms with Crippen LogP contribution in [0.2, 0.25) is 0 Å². The van der Waals surface area contributed by atoms with Crippen LogP contribution in [0, 0.1) is 5.82 Å². The molecule has 0 spiro atoms. The number of hydrogen-bond donors (Lipinski definition) is 2. The highest BCUT2D eigenvalue weighted by Gasteiger charge is 2.19. The monoisotopic (exact) mass is 504 g/mol. The van der Waals surface area contributed by atoms with Crippen molar-refractivity contribution >= 4 is 29.9 Å². The second kappa shape index (κ2) is 11.4. The third-order valence-electron chi connectivity index (χ3n) is 3.87. The van der Waals surface area contributed by atoms with E-state index in [0.717, 1.165) is 17.9 Å². The summed E-state index contributed by atoms with van der Waals surface area (Å²) in [6.07, 6.45) is 1.76. The Morgan fingerprint density at radius 1 is 1.29 bits per heavy atom. The number of ether oxygens (including phenoxy) is 1. The van der Waals surface area contributed by atoms with E-state index in [9.17, 15) is 4.39 Å². The van der Waals surface area contributed by atoms with Gasteiger partial charge >= 0.3 is 0 Å². The lowest BCUT2D eigenvalue weighted by molar-refractivity contribution is 0.181. The number of aliphatic imine (C=N–C) groups is 1. The first-order valence-corrected chi connectivity index (χ1v) is 9.07. The maximum atomic E-state index is 13.7. The van der Waals surface area contributed by atoms with Gasteiger partial charge in [0.05, 0.1) is 25.9 Å². The minimum atomic E-state index is -0.270. The average Bonchev–Trinajstić information content (AvgIpc) is 3.09. The highest BCUT2D eigenvalue weighted by atomic mass is 127. The van der Waals surface area contributed by atoms with Crippen molar-refractivity contribution < 1.29 is 13.5 Å². The van der Waals surface area contributed by atoms with Crippen LogP contribution in [0.5, 0.6) is 0 Å². The van der Waals surface area contributed by atoms with Crippen LogP contribution in [0.15, 0.2) is 33.8 Å². The summed E-state index contributed by atoms with van der Waals surface area (Å²) in [5, 5.41) is 6.39. The topological polar surface area (TPSA) is 71.7 Å². The molecule has 2 N–H and O–H groups in total. The van der Waals surface area contributed by atoms with Crippen LogP contribution < -0.4 is 10.6 Å². The standard InChI is InChI=1S/C20H29FN4O2.HI/c1-6-22-19(25-12-18-23-11-17(27-18)20(2,3)4)24-10-14-7-8-16(21)15(9-14)13-26-5;/h7-9,11H,6,10,12-13H2,1-5H3,(H2,22,24,25);1H. The minimum Gasteiger partial charge on any atom is -0.443 e. The third-order valence-corrected chi connectivity index (χ3v) is 3.87. The van der Waals surface area contributed by atoms with Crippen LogP contribution in [0.3, 0.4) is 0 Å². The molecule has 0 unspecified atom stereocenters. The molecule has 0 atom stereocenters. The van der Waals surface area contributed by atoms with E-state index >= 15 is 0 Å². The number of nitrogens with one attached hydrogen (secondary N) is 2. The Morgan fingerprint density at radius 2 is 2.04 bits per heavy atom. The molecule has 0 bridgehead atoms. The zero-order valence-electron chi connectivity index (χ0n) is 17.1. The van der Waals surface area contributed by atoms with Crippen LogP contribution in [0.25, 0.3) is 0 Å². The molecular formula is C20H30FIN4O2. The zero-order chi connectivity index (χ0) is 19.9. The number of oxazole rings is 1. The highest BCUT2D eigenvalue weighted by Crippen LogP contribution is 2.22. The molecule has 28 heavy (non-hydrogen) atoms. The van der Waals surface area contributed by atoms with Gasteiger partial charge in [0, 0.05) is 24.6 Å². The second-order valence-electron chi connectivity index (χ2n) is 7.28. The molecule has 2 rings (SSSR count). The van der Waals surface area contributed by atoms with E-state index in [1.807, 2.05) is 6.92 Å². The molecule has 0 aliphatic heterocycles. The van der Waals surface area contributed by atoms with E-state index in [1.165, 1.54) is 6.07 Å². The number of guanidine groups is 1. The fourth-order valence-electron chi connectivity index (χ4n) is 2.40. The Balaban J connectivity index is 0.00000392. The first-order chi connectivity index (χ1) is 12.8. The van der Waals surface area contributed by atoms with Gasteiger partial charge in [-0.2, -0.15) is 0 Å². The van der Waals surface area contributed by atoms with Gasteiger partial charge in [-0.25, -0.2) is 14.4 Å². The maximum Gasteiger partial charge on any atom is 0.213 e. The van der Waals surface area contributed by atoms with Crippen molar-refractivity contribution in [2.24, 2.45) is 4.99 Å². The summed E-state index contributed by atoms with van der Waals surface area (Å²) in [4.78, 5) is 8.85. The molecule has 1 aromatic carbocycles. The first-order valence-electron chi connectivity index (χ1n) is 9.07. The predicted octanol–water partition coefficient (Wildman–Crippen LogP) is 4.13. The van der Waals surface area contributed by atoms with Crippen molar-refractivity contribution in [2.45, 2.75) is 52.8 Å².